The lowest BCUT2D eigenvalue weighted by molar-refractivity contribution is -0.00102. The van der Waals surface area contributed by atoms with E-state index in [2.05, 4.69) is 0 Å². The molecule has 2 unspecified atom stereocenters. The first kappa shape index (κ1) is 17.2. The van der Waals surface area contributed by atoms with Crippen molar-refractivity contribution in [3.05, 3.63) is 0 Å². The topological polar surface area (TPSA) is 72.9 Å². The average molecular weight is 307 g/mol. The second-order valence-electron chi connectivity index (χ2n) is 6.28. The quantitative estimate of drug-likeness (QED) is 0.747. The molecule has 1 fully saturated rings. The average Bonchev–Trinajstić information content (AvgIpc) is 2.24. The standard InChI is InChI=1S/C13H25NO5S/c1-13(2,3)18-12(15)14(4)10-8-6-7-9-11(10)19-20(5,16)17/h10-11H,6-9H2,1-5H3. The van der Waals surface area contributed by atoms with Gasteiger partial charge in [0.15, 0.2) is 0 Å². The van der Waals surface area contributed by atoms with E-state index < -0.39 is 27.9 Å². The molecule has 0 N–H and O–H groups in total. The number of nitrogens with zero attached hydrogens (tertiary/aromatic N) is 1. The molecule has 0 aromatic heterocycles. The van der Waals surface area contributed by atoms with Gasteiger partial charge in [0.05, 0.1) is 18.4 Å². The summed E-state index contributed by atoms with van der Waals surface area (Å²) in [6.45, 7) is 5.39. The molecule has 0 aliphatic heterocycles. The van der Waals surface area contributed by atoms with E-state index in [0.29, 0.717) is 6.42 Å². The second-order valence-corrected chi connectivity index (χ2v) is 7.88. The van der Waals surface area contributed by atoms with Crippen molar-refractivity contribution in [1.29, 1.82) is 0 Å². The third kappa shape index (κ3) is 5.66. The van der Waals surface area contributed by atoms with E-state index in [9.17, 15) is 13.2 Å². The summed E-state index contributed by atoms with van der Waals surface area (Å²) >= 11 is 0. The molecule has 0 aromatic carbocycles. The van der Waals surface area contributed by atoms with Gasteiger partial charge >= 0.3 is 6.09 Å². The van der Waals surface area contributed by atoms with Gasteiger partial charge in [-0.1, -0.05) is 12.8 Å². The molecule has 1 aliphatic rings. The first-order valence-electron chi connectivity index (χ1n) is 6.84. The first-order chi connectivity index (χ1) is 8.99. The minimum Gasteiger partial charge on any atom is -0.444 e. The Labute approximate surface area is 121 Å². The molecule has 2 atom stereocenters. The molecule has 6 nitrogen and oxygen atoms in total. The molecule has 118 valence electrons. The van der Waals surface area contributed by atoms with Crippen LogP contribution >= 0.6 is 0 Å². The number of hydrogen-bond acceptors (Lipinski definition) is 5. The van der Waals surface area contributed by atoms with Crippen molar-refractivity contribution in [2.45, 2.75) is 64.2 Å². The minimum absolute atomic E-state index is 0.270. The van der Waals surface area contributed by atoms with Crippen molar-refractivity contribution < 1.29 is 22.1 Å². The molecule has 0 heterocycles. The highest BCUT2D eigenvalue weighted by molar-refractivity contribution is 7.86. The number of carbonyl (C=O) groups excluding carboxylic acids is 1. The number of likely N-dealkylation sites (N-methyl/N-ethyl adjacent to an activating group) is 1. The third-order valence-corrected chi connectivity index (χ3v) is 3.74. The van der Waals surface area contributed by atoms with Gasteiger partial charge in [0.1, 0.15) is 5.60 Å². The van der Waals surface area contributed by atoms with E-state index in [-0.39, 0.29) is 6.04 Å². The van der Waals surface area contributed by atoms with Crippen LogP contribution in [0.1, 0.15) is 46.5 Å². The van der Waals surface area contributed by atoms with Crippen molar-refractivity contribution in [3.8, 4) is 0 Å². The molecule has 0 radical (unpaired) electrons. The van der Waals surface area contributed by atoms with E-state index in [1.165, 1.54) is 4.90 Å². The lowest BCUT2D eigenvalue weighted by Crippen LogP contribution is -2.49. The second kappa shape index (κ2) is 6.30. The highest BCUT2D eigenvalue weighted by Crippen LogP contribution is 2.27. The van der Waals surface area contributed by atoms with Crippen LogP contribution in [0.25, 0.3) is 0 Å². The van der Waals surface area contributed by atoms with Gasteiger partial charge in [-0.25, -0.2) is 4.79 Å². The van der Waals surface area contributed by atoms with Gasteiger partial charge in [0, 0.05) is 7.05 Å². The first-order valence-corrected chi connectivity index (χ1v) is 8.65. The van der Waals surface area contributed by atoms with Crippen LogP contribution < -0.4 is 0 Å². The van der Waals surface area contributed by atoms with Crippen molar-refractivity contribution in [1.82, 2.24) is 4.90 Å². The van der Waals surface area contributed by atoms with Gasteiger partial charge < -0.3 is 9.64 Å². The number of carbonyl (C=O) groups is 1. The van der Waals surface area contributed by atoms with Crippen molar-refractivity contribution >= 4 is 16.2 Å². The molecule has 7 heteroatoms. The molecule has 0 aromatic rings. The Morgan fingerprint density at radius 1 is 1.20 bits per heavy atom. The van der Waals surface area contributed by atoms with E-state index in [1.807, 2.05) is 0 Å². The molecule has 0 spiro atoms. The van der Waals surface area contributed by atoms with Gasteiger partial charge in [0.2, 0.25) is 0 Å². The normalized spacial score (nSPS) is 24.2. The van der Waals surface area contributed by atoms with Crippen LogP contribution in [0.15, 0.2) is 0 Å². The van der Waals surface area contributed by atoms with Crippen LogP contribution in [0.2, 0.25) is 0 Å². The Kier molecular flexibility index (Phi) is 5.43. The molecule has 1 aliphatic carbocycles. The van der Waals surface area contributed by atoms with Gasteiger partial charge in [-0.3, -0.25) is 4.18 Å². The molecule has 20 heavy (non-hydrogen) atoms. The highest BCUT2D eigenvalue weighted by Gasteiger charge is 2.35. The van der Waals surface area contributed by atoms with Crippen LogP contribution in [-0.2, 0) is 19.0 Å². The largest absolute Gasteiger partial charge is 0.444 e. The summed E-state index contributed by atoms with van der Waals surface area (Å²) in [5, 5.41) is 0. The van der Waals surface area contributed by atoms with E-state index in [1.54, 1.807) is 27.8 Å². The van der Waals surface area contributed by atoms with Gasteiger partial charge in [-0.05, 0) is 33.6 Å². The minimum atomic E-state index is -3.53. The Morgan fingerprint density at radius 2 is 1.75 bits per heavy atom. The molecular weight excluding hydrogens is 282 g/mol. The molecular formula is C13H25NO5S. The Hall–Kier alpha value is -0.820. The third-order valence-electron chi connectivity index (χ3n) is 3.15. The summed E-state index contributed by atoms with van der Waals surface area (Å²) in [5.74, 6) is 0. The van der Waals surface area contributed by atoms with E-state index in [0.717, 1.165) is 25.5 Å². The Bertz CT molecular complexity index is 440. The molecule has 0 bridgehead atoms. The fourth-order valence-corrected chi connectivity index (χ4v) is 3.00. The molecule has 0 saturated heterocycles. The summed E-state index contributed by atoms with van der Waals surface area (Å²) < 4.78 is 33.0. The zero-order valence-corrected chi connectivity index (χ0v) is 13.7. The van der Waals surface area contributed by atoms with Crippen LogP contribution in [0.4, 0.5) is 4.79 Å². The fourth-order valence-electron chi connectivity index (χ4n) is 2.33. The number of amides is 1. The SMILES string of the molecule is CN(C(=O)OC(C)(C)C)C1CCCCC1OS(C)(=O)=O. The summed E-state index contributed by atoms with van der Waals surface area (Å²) in [5.41, 5.74) is -0.576. The summed E-state index contributed by atoms with van der Waals surface area (Å²) in [7, 11) is -1.90. The van der Waals surface area contributed by atoms with E-state index in [4.69, 9.17) is 8.92 Å². The van der Waals surface area contributed by atoms with E-state index >= 15 is 0 Å². The fraction of sp³-hybridized carbons (Fsp3) is 0.923. The Morgan fingerprint density at radius 3 is 2.25 bits per heavy atom. The number of hydrogen-bond donors (Lipinski definition) is 0. The maximum Gasteiger partial charge on any atom is 0.410 e. The van der Waals surface area contributed by atoms with Crippen molar-refractivity contribution in [3.63, 3.8) is 0 Å². The zero-order chi connectivity index (χ0) is 15.6. The lowest BCUT2D eigenvalue weighted by atomic mass is 9.92. The smallest absolute Gasteiger partial charge is 0.410 e. The predicted molar refractivity (Wildman–Crippen MR) is 76.0 cm³/mol. The maximum absolute atomic E-state index is 12.1. The van der Waals surface area contributed by atoms with Crippen molar-refractivity contribution in [2.24, 2.45) is 0 Å². The zero-order valence-electron chi connectivity index (χ0n) is 12.9. The van der Waals surface area contributed by atoms with Crippen molar-refractivity contribution in [2.75, 3.05) is 13.3 Å². The lowest BCUT2D eigenvalue weighted by Gasteiger charge is -2.37. The van der Waals surface area contributed by atoms with Gasteiger partial charge in [-0.2, -0.15) is 8.42 Å². The predicted octanol–water partition coefficient (Wildman–Crippen LogP) is 2.14. The maximum atomic E-state index is 12.1. The molecule has 1 saturated carbocycles. The van der Waals surface area contributed by atoms with Gasteiger partial charge in [0.25, 0.3) is 10.1 Å². The van der Waals surface area contributed by atoms with Crippen LogP contribution in [0.3, 0.4) is 0 Å². The van der Waals surface area contributed by atoms with Gasteiger partial charge in [-0.15, -0.1) is 0 Å². The summed E-state index contributed by atoms with van der Waals surface area (Å²) in [4.78, 5) is 13.5. The molecule has 1 amide bonds. The van der Waals surface area contributed by atoms with Crippen LogP contribution in [0, 0.1) is 0 Å². The monoisotopic (exact) mass is 307 g/mol. The highest BCUT2D eigenvalue weighted by atomic mass is 32.2. The van der Waals surface area contributed by atoms with Crippen LogP contribution in [0.5, 0.6) is 0 Å². The number of ether oxygens (including phenoxy) is 1. The van der Waals surface area contributed by atoms with Crippen LogP contribution in [-0.4, -0.2) is 50.5 Å². The number of rotatable bonds is 3. The summed E-state index contributed by atoms with van der Waals surface area (Å²) in [6.07, 6.45) is 3.29. The summed E-state index contributed by atoms with van der Waals surface area (Å²) in [6, 6.07) is -0.270. The Balaban J connectivity index is 2.76. The molecule has 1 rings (SSSR count).